The Labute approximate surface area is 177 Å². The number of amides is 1. The lowest BCUT2D eigenvalue weighted by Crippen LogP contribution is -2.26. The van der Waals surface area contributed by atoms with Crippen molar-refractivity contribution in [3.05, 3.63) is 83.4 Å². The number of nitrogens with zero attached hydrogens (tertiary/aromatic N) is 2. The molecule has 0 aliphatic carbocycles. The highest BCUT2D eigenvalue weighted by Crippen LogP contribution is 2.36. The molecule has 0 saturated carbocycles. The number of ether oxygens (including phenoxy) is 1. The fourth-order valence-electron chi connectivity index (χ4n) is 3.38. The van der Waals surface area contributed by atoms with Gasteiger partial charge in [0.2, 0.25) is 0 Å². The topological polar surface area (TPSA) is 105 Å². The summed E-state index contributed by atoms with van der Waals surface area (Å²) in [5.74, 6) is -1.42. The van der Waals surface area contributed by atoms with E-state index in [9.17, 15) is 19.1 Å². The van der Waals surface area contributed by atoms with Gasteiger partial charge < -0.3 is 20.5 Å². The molecule has 1 atom stereocenters. The summed E-state index contributed by atoms with van der Waals surface area (Å²) >= 11 is 0. The molecule has 8 nitrogen and oxygen atoms in total. The minimum absolute atomic E-state index is 0.0934. The molecule has 1 amide bonds. The Morgan fingerprint density at radius 3 is 2.81 bits per heavy atom. The number of rotatable bonds is 6. The first-order valence-electron chi connectivity index (χ1n) is 9.56. The second-order valence-electron chi connectivity index (χ2n) is 6.74. The Morgan fingerprint density at radius 2 is 2.06 bits per heavy atom. The molecule has 0 spiro atoms. The third-order valence-electron chi connectivity index (χ3n) is 4.73. The van der Waals surface area contributed by atoms with Crippen LogP contribution in [0.3, 0.4) is 0 Å². The number of carbonyl (C=O) groups is 2. The first-order valence-corrected chi connectivity index (χ1v) is 9.56. The molecule has 0 bridgehead atoms. The number of aliphatic carboxylic acids is 1. The van der Waals surface area contributed by atoms with Crippen molar-refractivity contribution in [1.29, 1.82) is 0 Å². The number of halogens is 1. The van der Waals surface area contributed by atoms with Crippen molar-refractivity contribution in [2.75, 3.05) is 17.2 Å². The molecule has 3 aromatic rings. The zero-order valence-electron chi connectivity index (χ0n) is 16.5. The van der Waals surface area contributed by atoms with Gasteiger partial charge in [-0.1, -0.05) is 24.3 Å². The Kier molecular flexibility index (Phi) is 5.40. The van der Waals surface area contributed by atoms with E-state index in [1.165, 1.54) is 35.2 Å². The maximum absolute atomic E-state index is 13.4. The fourth-order valence-corrected chi connectivity index (χ4v) is 3.38. The van der Waals surface area contributed by atoms with Gasteiger partial charge >= 0.3 is 5.97 Å². The van der Waals surface area contributed by atoms with Crippen LogP contribution in [-0.2, 0) is 4.79 Å². The lowest BCUT2D eigenvalue weighted by Gasteiger charge is -2.25. The van der Waals surface area contributed by atoms with Gasteiger partial charge in [-0.3, -0.25) is 4.79 Å². The van der Waals surface area contributed by atoms with E-state index in [4.69, 9.17) is 4.74 Å². The molecule has 0 radical (unpaired) electrons. The minimum Gasteiger partial charge on any atom is -0.494 e. The zero-order valence-corrected chi connectivity index (χ0v) is 16.5. The standard InChI is InChI=1S/C22H19FN4O4/c1-2-31-19-9-4-3-8-15(19)18-11-17(22(29)30)26-20-16(12-24-27(18)20)21(28)25-14-7-5-6-13(23)10-14/h3-12,18,26H,2H2,1H3,(H,25,28)(H,29,30)/t18-/m1/s1. The van der Waals surface area contributed by atoms with Gasteiger partial charge in [-0.2, -0.15) is 5.10 Å². The number of para-hydroxylation sites is 1. The van der Waals surface area contributed by atoms with Gasteiger partial charge in [-0.05, 0) is 37.3 Å². The van der Waals surface area contributed by atoms with Crippen LogP contribution in [0.1, 0.15) is 28.9 Å². The first-order chi connectivity index (χ1) is 15.0. The van der Waals surface area contributed by atoms with E-state index < -0.39 is 23.7 Å². The molecule has 2 aromatic carbocycles. The molecule has 0 fully saturated rings. The number of hydrogen-bond acceptors (Lipinski definition) is 5. The molecule has 9 heteroatoms. The average Bonchev–Trinajstić information content (AvgIpc) is 3.18. The van der Waals surface area contributed by atoms with E-state index in [2.05, 4.69) is 15.7 Å². The SMILES string of the molecule is CCOc1ccccc1[C@H]1C=C(C(=O)O)Nc2c(C(=O)Nc3cccc(F)c3)cnn21. The molecule has 31 heavy (non-hydrogen) atoms. The first kappa shape index (κ1) is 20.1. The summed E-state index contributed by atoms with van der Waals surface area (Å²) in [7, 11) is 0. The lowest BCUT2D eigenvalue weighted by atomic mass is 10.0. The Bertz CT molecular complexity index is 1190. The van der Waals surface area contributed by atoms with Crippen molar-refractivity contribution in [2.24, 2.45) is 0 Å². The van der Waals surface area contributed by atoms with Gasteiger partial charge in [0.05, 0.1) is 12.8 Å². The number of nitrogens with one attached hydrogen (secondary N) is 2. The van der Waals surface area contributed by atoms with Gasteiger partial charge in [0.25, 0.3) is 5.91 Å². The number of carboxylic acid groups (broad SMARTS) is 1. The third-order valence-corrected chi connectivity index (χ3v) is 4.73. The number of hydrogen-bond donors (Lipinski definition) is 3. The molecule has 1 aliphatic heterocycles. The number of anilines is 2. The summed E-state index contributed by atoms with van der Waals surface area (Å²) in [6.45, 7) is 2.29. The van der Waals surface area contributed by atoms with Crippen LogP contribution in [0.2, 0.25) is 0 Å². The Hall–Kier alpha value is -4.14. The molecular weight excluding hydrogens is 403 g/mol. The van der Waals surface area contributed by atoms with E-state index in [0.29, 0.717) is 17.9 Å². The molecule has 158 valence electrons. The number of fused-ring (bicyclic) bond motifs is 1. The molecule has 3 N–H and O–H groups in total. The van der Waals surface area contributed by atoms with Crippen LogP contribution in [0.4, 0.5) is 15.9 Å². The maximum atomic E-state index is 13.4. The van der Waals surface area contributed by atoms with Crippen molar-refractivity contribution < 1.29 is 23.8 Å². The van der Waals surface area contributed by atoms with E-state index >= 15 is 0 Å². The van der Waals surface area contributed by atoms with Gasteiger partial charge in [0.15, 0.2) is 0 Å². The van der Waals surface area contributed by atoms with Gasteiger partial charge in [-0.15, -0.1) is 0 Å². The van der Waals surface area contributed by atoms with Gasteiger partial charge in [-0.25, -0.2) is 13.9 Å². The summed E-state index contributed by atoms with van der Waals surface area (Å²) < 4.78 is 20.7. The van der Waals surface area contributed by atoms with E-state index in [-0.39, 0.29) is 22.8 Å². The molecule has 0 saturated heterocycles. The highest BCUT2D eigenvalue weighted by Gasteiger charge is 2.30. The highest BCUT2D eigenvalue weighted by atomic mass is 19.1. The smallest absolute Gasteiger partial charge is 0.352 e. The summed E-state index contributed by atoms with van der Waals surface area (Å²) in [4.78, 5) is 24.6. The number of benzene rings is 2. The van der Waals surface area contributed by atoms with Crippen LogP contribution in [0.15, 0.2) is 66.5 Å². The van der Waals surface area contributed by atoms with E-state index in [1.54, 1.807) is 12.1 Å². The largest absolute Gasteiger partial charge is 0.494 e. The Morgan fingerprint density at radius 1 is 1.26 bits per heavy atom. The van der Waals surface area contributed by atoms with Crippen LogP contribution in [-0.4, -0.2) is 33.4 Å². The highest BCUT2D eigenvalue weighted by molar-refractivity contribution is 6.08. The van der Waals surface area contributed by atoms with Crippen molar-refractivity contribution in [3.8, 4) is 5.75 Å². The normalized spacial score (nSPS) is 14.8. The molecule has 0 unspecified atom stereocenters. The summed E-state index contributed by atoms with van der Waals surface area (Å²) in [6, 6.07) is 12.1. The van der Waals surface area contributed by atoms with E-state index in [1.807, 2.05) is 25.1 Å². The maximum Gasteiger partial charge on any atom is 0.352 e. The third kappa shape index (κ3) is 3.97. The van der Waals surface area contributed by atoms with Crippen LogP contribution >= 0.6 is 0 Å². The number of aromatic nitrogens is 2. The van der Waals surface area contributed by atoms with Crippen LogP contribution < -0.4 is 15.4 Å². The van der Waals surface area contributed by atoms with Gasteiger partial charge in [0, 0.05) is 11.3 Å². The summed E-state index contributed by atoms with van der Waals surface area (Å²) in [5.41, 5.74) is 0.998. The van der Waals surface area contributed by atoms with Crippen LogP contribution in [0.5, 0.6) is 5.75 Å². The predicted octanol–water partition coefficient (Wildman–Crippen LogP) is 3.66. The van der Waals surface area contributed by atoms with Crippen molar-refractivity contribution in [3.63, 3.8) is 0 Å². The van der Waals surface area contributed by atoms with Crippen LogP contribution in [0.25, 0.3) is 0 Å². The number of allylic oxidation sites excluding steroid dienone is 1. The van der Waals surface area contributed by atoms with Crippen molar-refractivity contribution in [1.82, 2.24) is 9.78 Å². The summed E-state index contributed by atoms with van der Waals surface area (Å²) in [5, 5.41) is 19.3. The monoisotopic (exact) mass is 422 g/mol. The van der Waals surface area contributed by atoms with Crippen LogP contribution in [0, 0.1) is 5.82 Å². The number of carbonyl (C=O) groups excluding carboxylic acids is 1. The second kappa shape index (κ2) is 8.31. The molecule has 2 heterocycles. The van der Waals surface area contributed by atoms with Crippen molar-refractivity contribution >= 4 is 23.4 Å². The fraction of sp³-hybridized carbons (Fsp3) is 0.136. The predicted molar refractivity (Wildman–Crippen MR) is 112 cm³/mol. The molecule has 4 rings (SSSR count). The molecular formula is C22H19FN4O4. The quantitative estimate of drug-likeness (QED) is 0.560. The minimum atomic E-state index is -1.18. The summed E-state index contributed by atoms with van der Waals surface area (Å²) in [6.07, 6.45) is 2.85. The second-order valence-corrected chi connectivity index (χ2v) is 6.74. The Balaban J connectivity index is 1.75. The molecule has 1 aromatic heterocycles. The molecule has 1 aliphatic rings. The lowest BCUT2D eigenvalue weighted by molar-refractivity contribution is -0.132. The van der Waals surface area contributed by atoms with E-state index in [0.717, 1.165) is 0 Å². The zero-order chi connectivity index (χ0) is 22.0. The average molecular weight is 422 g/mol. The number of carboxylic acids is 1. The van der Waals surface area contributed by atoms with Gasteiger partial charge in [0.1, 0.15) is 34.7 Å². The van der Waals surface area contributed by atoms with Crippen molar-refractivity contribution in [2.45, 2.75) is 13.0 Å².